The number of nitrogens with one attached hydrogen (secondary N) is 3. The Bertz CT molecular complexity index is 838. The van der Waals surface area contributed by atoms with E-state index in [1.165, 1.54) is 51.4 Å². The molecule has 3 N–H and O–H groups in total. The van der Waals surface area contributed by atoms with Crippen molar-refractivity contribution in [1.82, 2.24) is 20.9 Å². The zero-order valence-corrected chi connectivity index (χ0v) is 32.5. The molecule has 12 nitrogen and oxygen atoms in total. The molecule has 0 aromatic carbocycles. The monoisotopic (exact) mass is 692 g/mol. The maximum atomic E-state index is 13.2. The number of likely N-dealkylation sites (tertiary alicyclic amines) is 1. The van der Waals surface area contributed by atoms with E-state index < -0.39 is 29.9 Å². The van der Waals surface area contributed by atoms with Crippen LogP contribution in [0.25, 0.3) is 0 Å². The second-order valence-corrected chi connectivity index (χ2v) is 12.4. The van der Waals surface area contributed by atoms with Gasteiger partial charge in [0.05, 0.1) is 26.4 Å². The van der Waals surface area contributed by atoms with Gasteiger partial charge >= 0.3 is 29.6 Å². The summed E-state index contributed by atoms with van der Waals surface area (Å²) in [6.07, 6.45) is 15.9. The number of ether oxygens (including phenoxy) is 3. The van der Waals surface area contributed by atoms with Crippen molar-refractivity contribution in [2.24, 2.45) is 0 Å². The van der Waals surface area contributed by atoms with Crippen LogP contribution in [0, 0.1) is 0 Å². The van der Waals surface area contributed by atoms with Crippen LogP contribution in [0.4, 0.5) is 0 Å². The van der Waals surface area contributed by atoms with Gasteiger partial charge in [-0.2, -0.15) is 0 Å². The van der Waals surface area contributed by atoms with E-state index in [0.717, 1.165) is 32.2 Å². The van der Waals surface area contributed by atoms with Crippen molar-refractivity contribution in [3.63, 3.8) is 0 Å². The number of carbonyl (C=O) groups excluding carboxylic acids is 4. The fraction of sp³-hybridized carbons (Fsp3) is 0.886. The van der Waals surface area contributed by atoms with Crippen LogP contribution in [0.1, 0.15) is 122 Å². The van der Waals surface area contributed by atoms with Crippen molar-refractivity contribution in [2.75, 3.05) is 66.3 Å². The number of nitrogens with zero attached hydrogens (tertiary/aromatic N) is 1. The number of rotatable bonds is 32. The molecule has 3 amide bonds. The minimum absolute atomic E-state index is 0. The summed E-state index contributed by atoms with van der Waals surface area (Å²) in [7, 11) is 1.91. The molecule has 0 radical (unpaired) electrons. The minimum Gasteiger partial charge on any atom is -0.550 e. The molecule has 0 aromatic heterocycles. The molecular formula is C35H65N4NaO8. The van der Waals surface area contributed by atoms with E-state index in [1.54, 1.807) is 4.90 Å². The molecule has 1 rings (SSSR count). The zero-order chi connectivity index (χ0) is 34.4. The Morgan fingerprint density at radius 2 is 1.29 bits per heavy atom. The first-order valence-corrected chi connectivity index (χ1v) is 18.4. The second-order valence-electron chi connectivity index (χ2n) is 12.4. The summed E-state index contributed by atoms with van der Waals surface area (Å²) < 4.78 is 16.4. The van der Waals surface area contributed by atoms with E-state index in [4.69, 9.17) is 14.2 Å². The van der Waals surface area contributed by atoms with E-state index in [0.29, 0.717) is 78.4 Å². The Hall–Kier alpha value is -1.28. The molecule has 2 unspecified atom stereocenters. The molecule has 1 aliphatic rings. The molecule has 48 heavy (non-hydrogen) atoms. The number of hydrogen-bond acceptors (Lipinski definition) is 9. The maximum absolute atomic E-state index is 13.2. The van der Waals surface area contributed by atoms with Gasteiger partial charge < -0.3 is 45.0 Å². The van der Waals surface area contributed by atoms with E-state index in [9.17, 15) is 24.3 Å². The van der Waals surface area contributed by atoms with Crippen LogP contribution in [0.5, 0.6) is 0 Å². The summed E-state index contributed by atoms with van der Waals surface area (Å²) in [5.74, 6) is -2.21. The van der Waals surface area contributed by atoms with Gasteiger partial charge in [-0.25, -0.2) is 0 Å². The van der Waals surface area contributed by atoms with Crippen molar-refractivity contribution in [3.05, 3.63) is 0 Å². The third-order valence-electron chi connectivity index (χ3n) is 8.36. The molecule has 0 spiro atoms. The van der Waals surface area contributed by atoms with Crippen LogP contribution in [0.2, 0.25) is 0 Å². The average molecular weight is 693 g/mol. The fourth-order valence-corrected chi connectivity index (χ4v) is 5.62. The Morgan fingerprint density at radius 3 is 1.85 bits per heavy atom. The summed E-state index contributed by atoms with van der Waals surface area (Å²) in [6, 6.07) is -1.67. The number of aliphatic carboxylic acids is 1. The van der Waals surface area contributed by atoms with Gasteiger partial charge in [0.1, 0.15) is 12.1 Å². The first-order valence-electron chi connectivity index (χ1n) is 18.4. The summed E-state index contributed by atoms with van der Waals surface area (Å²) in [4.78, 5) is 51.8. The summed E-state index contributed by atoms with van der Waals surface area (Å²) in [5, 5.41) is 19.6. The van der Waals surface area contributed by atoms with Gasteiger partial charge in [-0.1, -0.05) is 71.1 Å². The molecular weight excluding hydrogens is 627 g/mol. The van der Waals surface area contributed by atoms with Crippen molar-refractivity contribution in [3.8, 4) is 0 Å². The minimum atomic E-state index is -1.29. The number of unbranched alkanes of at least 4 members (excludes halogenated alkanes) is 10. The predicted molar refractivity (Wildman–Crippen MR) is 181 cm³/mol. The quantitative estimate of drug-likeness (QED) is 0.0645. The van der Waals surface area contributed by atoms with Crippen LogP contribution in [0.3, 0.4) is 0 Å². The zero-order valence-electron chi connectivity index (χ0n) is 30.5. The summed E-state index contributed by atoms with van der Waals surface area (Å²) in [5.41, 5.74) is 0. The third kappa shape index (κ3) is 24.8. The number of carboxylic acids is 1. The molecule has 13 heteroatoms. The van der Waals surface area contributed by atoms with E-state index in [2.05, 4.69) is 22.9 Å². The van der Waals surface area contributed by atoms with Gasteiger partial charge in [-0.3, -0.25) is 14.4 Å². The van der Waals surface area contributed by atoms with Crippen LogP contribution in [0.15, 0.2) is 0 Å². The molecule has 0 aliphatic carbocycles. The summed E-state index contributed by atoms with van der Waals surface area (Å²) in [6.45, 7) is 7.01. The molecule has 2 atom stereocenters. The van der Waals surface area contributed by atoms with Gasteiger partial charge in [0, 0.05) is 38.7 Å². The van der Waals surface area contributed by atoms with Crippen molar-refractivity contribution < 1.29 is 68.1 Å². The fourth-order valence-electron chi connectivity index (χ4n) is 5.62. The van der Waals surface area contributed by atoms with Gasteiger partial charge in [-0.05, 0) is 58.5 Å². The van der Waals surface area contributed by atoms with Crippen molar-refractivity contribution >= 4 is 23.7 Å². The Labute approximate surface area is 312 Å². The second kappa shape index (κ2) is 32.9. The smallest absolute Gasteiger partial charge is 0.550 e. The molecule has 274 valence electrons. The Kier molecular flexibility index (Phi) is 32.0. The molecule has 1 fully saturated rings. The number of carboxylic acid groups (broad SMARTS) is 1. The van der Waals surface area contributed by atoms with Crippen LogP contribution < -0.4 is 50.6 Å². The number of hydrogen-bond donors (Lipinski definition) is 3. The SMILES string of the molecule is CCCCCCCCCCCCCC(=O)N1CCCC1C(=O)NC(CCC(=O)[O-])C(=O)NCCCOCCOCCOCCCNC.[Na+]. The summed E-state index contributed by atoms with van der Waals surface area (Å²) >= 11 is 0. The van der Waals surface area contributed by atoms with E-state index in [1.807, 2.05) is 7.05 Å². The average Bonchev–Trinajstić information content (AvgIpc) is 3.56. The van der Waals surface area contributed by atoms with Crippen molar-refractivity contribution in [1.29, 1.82) is 0 Å². The standard InChI is InChI=1S/C35H66N4O8.Na/c1-3-4-5-6-7-8-9-10-11-12-13-18-32(40)39-23-14-17-31(39)35(44)38-30(19-20-33(41)42)34(43)37-22-16-25-46-27-29-47-28-26-45-24-15-21-36-2;/h30-31,36H,3-29H2,1-2H3,(H,37,43)(H,38,44)(H,41,42);/q;+1/p-1. The van der Waals surface area contributed by atoms with Crippen LogP contribution >= 0.6 is 0 Å². The largest absolute Gasteiger partial charge is 1.00 e. The van der Waals surface area contributed by atoms with Crippen molar-refractivity contribution in [2.45, 2.75) is 135 Å². The third-order valence-corrected chi connectivity index (χ3v) is 8.36. The van der Waals surface area contributed by atoms with Gasteiger partial charge in [-0.15, -0.1) is 0 Å². The van der Waals surface area contributed by atoms with E-state index in [-0.39, 0.29) is 48.3 Å². The molecule has 0 bridgehead atoms. The predicted octanol–water partition coefficient (Wildman–Crippen LogP) is -0.137. The number of amides is 3. The van der Waals surface area contributed by atoms with Gasteiger partial charge in [0.25, 0.3) is 0 Å². The van der Waals surface area contributed by atoms with Crippen LogP contribution in [-0.4, -0.2) is 107 Å². The van der Waals surface area contributed by atoms with Gasteiger partial charge in [0.2, 0.25) is 17.7 Å². The maximum Gasteiger partial charge on any atom is 1.00 e. The molecule has 0 saturated carbocycles. The first-order chi connectivity index (χ1) is 22.9. The molecule has 0 aromatic rings. The van der Waals surface area contributed by atoms with Gasteiger partial charge in [0.15, 0.2) is 0 Å². The number of carbonyl (C=O) groups is 4. The Balaban J connectivity index is 0.0000221. The van der Waals surface area contributed by atoms with E-state index >= 15 is 0 Å². The molecule has 1 saturated heterocycles. The molecule has 1 aliphatic heterocycles. The topological polar surface area (TPSA) is 158 Å². The Morgan fingerprint density at radius 1 is 0.750 bits per heavy atom. The molecule has 1 heterocycles. The normalized spacial score (nSPS) is 14.8. The van der Waals surface area contributed by atoms with Crippen LogP contribution in [-0.2, 0) is 33.4 Å². The first kappa shape index (κ1) is 46.7.